The fraction of sp³-hybridized carbons (Fsp3) is 0.308. The fourth-order valence-electron chi connectivity index (χ4n) is 1.36. The molecule has 80 valence electrons. The lowest BCUT2D eigenvalue weighted by Crippen LogP contribution is -2.14. The molecule has 1 aromatic carbocycles. The van der Waals surface area contributed by atoms with Gasteiger partial charge in [-0.3, -0.25) is 4.79 Å². The number of para-hydroxylation sites is 1. The summed E-state index contributed by atoms with van der Waals surface area (Å²) < 4.78 is 0. The van der Waals surface area contributed by atoms with Crippen molar-refractivity contribution in [2.45, 2.75) is 20.3 Å². The first-order valence-electron chi connectivity index (χ1n) is 5.14. The average molecular weight is 203 g/mol. The highest BCUT2D eigenvalue weighted by atomic mass is 16.1. The van der Waals surface area contributed by atoms with Gasteiger partial charge in [0.2, 0.25) is 5.91 Å². The maximum absolute atomic E-state index is 11.5. The molecule has 1 aromatic rings. The van der Waals surface area contributed by atoms with E-state index in [2.05, 4.69) is 11.9 Å². The van der Waals surface area contributed by atoms with Crippen molar-refractivity contribution in [2.75, 3.05) is 5.32 Å². The summed E-state index contributed by atoms with van der Waals surface area (Å²) in [5, 5.41) is 2.88. The molecule has 0 aliphatic rings. The van der Waals surface area contributed by atoms with Gasteiger partial charge < -0.3 is 5.32 Å². The number of benzene rings is 1. The minimum absolute atomic E-state index is 0.0549. The van der Waals surface area contributed by atoms with Crippen LogP contribution in [0.1, 0.15) is 25.8 Å². The summed E-state index contributed by atoms with van der Waals surface area (Å²) in [6.45, 7) is 7.76. The highest BCUT2D eigenvalue weighted by Gasteiger charge is 2.06. The molecule has 0 fully saturated rings. The zero-order valence-corrected chi connectivity index (χ0v) is 9.29. The van der Waals surface area contributed by atoms with Gasteiger partial charge in [-0.05, 0) is 17.5 Å². The Morgan fingerprint density at radius 1 is 1.47 bits per heavy atom. The van der Waals surface area contributed by atoms with Gasteiger partial charge >= 0.3 is 0 Å². The predicted octanol–water partition coefficient (Wildman–Crippen LogP) is 3.31. The van der Waals surface area contributed by atoms with Crippen LogP contribution in [-0.2, 0) is 4.79 Å². The van der Waals surface area contributed by atoms with E-state index in [0.29, 0.717) is 12.3 Å². The van der Waals surface area contributed by atoms with Crippen LogP contribution in [0, 0.1) is 5.92 Å². The number of amides is 1. The van der Waals surface area contributed by atoms with Crippen LogP contribution in [0.4, 0.5) is 5.69 Å². The maximum atomic E-state index is 11.5. The number of carbonyl (C=O) groups is 1. The van der Waals surface area contributed by atoms with E-state index in [-0.39, 0.29) is 5.91 Å². The lowest BCUT2D eigenvalue weighted by Gasteiger charge is -2.09. The molecule has 0 aromatic heterocycles. The lowest BCUT2D eigenvalue weighted by atomic mass is 10.1. The molecule has 1 N–H and O–H groups in total. The summed E-state index contributed by atoms with van der Waals surface area (Å²) in [6.07, 6.45) is 2.29. The smallest absolute Gasteiger partial charge is 0.224 e. The predicted molar refractivity (Wildman–Crippen MR) is 64.6 cm³/mol. The summed E-state index contributed by atoms with van der Waals surface area (Å²) in [6, 6.07) is 7.64. The molecule has 0 radical (unpaired) electrons. The Morgan fingerprint density at radius 3 is 2.73 bits per heavy atom. The molecule has 15 heavy (non-hydrogen) atoms. The first-order chi connectivity index (χ1) is 7.13. The van der Waals surface area contributed by atoms with Crippen LogP contribution in [0.5, 0.6) is 0 Å². The van der Waals surface area contributed by atoms with E-state index in [4.69, 9.17) is 0 Å². The van der Waals surface area contributed by atoms with Crippen LogP contribution in [0.25, 0.3) is 6.08 Å². The third-order valence-corrected chi connectivity index (χ3v) is 2.05. The molecule has 0 saturated carbocycles. The van der Waals surface area contributed by atoms with Crippen molar-refractivity contribution in [3.8, 4) is 0 Å². The SMILES string of the molecule is C=Cc1ccccc1NC(=O)CC(C)C. The van der Waals surface area contributed by atoms with E-state index in [1.165, 1.54) is 0 Å². The molecule has 0 unspecified atom stereocenters. The van der Waals surface area contributed by atoms with Crippen molar-refractivity contribution < 1.29 is 4.79 Å². The zero-order chi connectivity index (χ0) is 11.3. The molecule has 1 rings (SSSR count). The van der Waals surface area contributed by atoms with Crippen molar-refractivity contribution in [1.82, 2.24) is 0 Å². The third kappa shape index (κ3) is 3.58. The second-order valence-corrected chi connectivity index (χ2v) is 3.94. The Hall–Kier alpha value is -1.57. The van der Waals surface area contributed by atoms with E-state index in [0.717, 1.165) is 11.3 Å². The average Bonchev–Trinajstić information content (AvgIpc) is 2.17. The second kappa shape index (κ2) is 5.35. The summed E-state index contributed by atoms with van der Waals surface area (Å²) in [5.74, 6) is 0.431. The minimum Gasteiger partial charge on any atom is -0.326 e. The Balaban J connectivity index is 2.71. The topological polar surface area (TPSA) is 29.1 Å². The Morgan fingerprint density at radius 2 is 2.13 bits per heavy atom. The standard InChI is InChI=1S/C13H17NO/c1-4-11-7-5-6-8-12(11)14-13(15)9-10(2)3/h4-8,10H,1,9H2,2-3H3,(H,14,15). The Labute approximate surface area is 91.0 Å². The van der Waals surface area contributed by atoms with Gasteiger partial charge in [0.15, 0.2) is 0 Å². The lowest BCUT2D eigenvalue weighted by molar-refractivity contribution is -0.116. The van der Waals surface area contributed by atoms with Crippen LogP contribution >= 0.6 is 0 Å². The Kier molecular flexibility index (Phi) is 4.10. The molecule has 0 saturated heterocycles. The van der Waals surface area contributed by atoms with Gasteiger partial charge in [0, 0.05) is 12.1 Å². The van der Waals surface area contributed by atoms with Crippen LogP contribution in [0.15, 0.2) is 30.8 Å². The molecular formula is C13H17NO. The minimum atomic E-state index is 0.0549. The van der Waals surface area contributed by atoms with Crippen molar-refractivity contribution in [3.05, 3.63) is 36.4 Å². The van der Waals surface area contributed by atoms with E-state index in [1.807, 2.05) is 38.1 Å². The maximum Gasteiger partial charge on any atom is 0.224 e. The Bertz CT molecular complexity index is 355. The highest BCUT2D eigenvalue weighted by molar-refractivity contribution is 5.92. The summed E-state index contributed by atoms with van der Waals surface area (Å²) in [5.41, 5.74) is 1.78. The van der Waals surface area contributed by atoms with E-state index in [1.54, 1.807) is 6.08 Å². The molecule has 1 amide bonds. The molecule has 2 heteroatoms. The van der Waals surface area contributed by atoms with Gasteiger partial charge in [0.05, 0.1) is 0 Å². The van der Waals surface area contributed by atoms with Gasteiger partial charge in [-0.1, -0.05) is 44.7 Å². The van der Waals surface area contributed by atoms with Crippen molar-refractivity contribution in [1.29, 1.82) is 0 Å². The molecule has 0 heterocycles. The number of hydrogen-bond donors (Lipinski definition) is 1. The molecular weight excluding hydrogens is 186 g/mol. The van der Waals surface area contributed by atoms with Gasteiger partial charge in [0.1, 0.15) is 0 Å². The van der Waals surface area contributed by atoms with E-state index in [9.17, 15) is 4.79 Å². The van der Waals surface area contributed by atoms with Crippen molar-refractivity contribution in [2.24, 2.45) is 5.92 Å². The molecule has 2 nitrogen and oxygen atoms in total. The van der Waals surface area contributed by atoms with Gasteiger partial charge in [0.25, 0.3) is 0 Å². The van der Waals surface area contributed by atoms with Crippen molar-refractivity contribution in [3.63, 3.8) is 0 Å². The largest absolute Gasteiger partial charge is 0.326 e. The van der Waals surface area contributed by atoms with Crippen LogP contribution in [-0.4, -0.2) is 5.91 Å². The van der Waals surface area contributed by atoms with Crippen LogP contribution in [0.3, 0.4) is 0 Å². The number of anilines is 1. The molecule has 0 spiro atoms. The highest BCUT2D eigenvalue weighted by Crippen LogP contribution is 2.16. The number of hydrogen-bond acceptors (Lipinski definition) is 1. The molecule has 0 atom stereocenters. The monoisotopic (exact) mass is 203 g/mol. The number of rotatable bonds is 4. The third-order valence-electron chi connectivity index (χ3n) is 2.05. The zero-order valence-electron chi connectivity index (χ0n) is 9.29. The van der Waals surface area contributed by atoms with Crippen LogP contribution < -0.4 is 5.32 Å². The molecule has 0 bridgehead atoms. The summed E-state index contributed by atoms with van der Waals surface area (Å²) in [4.78, 5) is 11.5. The second-order valence-electron chi connectivity index (χ2n) is 3.94. The van der Waals surface area contributed by atoms with Gasteiger partial charge in [-0.15, -0.1) is 0 Å². The first kappa shape index (κ1) is 11.5. The number of nitrogens with one attached hydrogen (secondary N) is 1. The first-order valence-corrected chi connectivity index (χ1v) is 5.14. The fourth-order valence-corrected chi connectivity index (χ4v) is 1.36. The molecule has 0 aliphatic heterocycles. The summed E-state index contributed by atoms with van der Waals surface area (Å²) >= 11 is 0. The van der Waals surface area contributed by atoms with Crippen molar-refractivity contribution >= 4 is 17.7 Å². The molecule has 0 aliphatic carbocycles. The van der Waals surface area contributed by atoms with E-state index >= 15 is 0 Å². The number of carbonyl (C=O) groups excluding carboxylic acids is 1. The van der Waals surface area contributed by atoms with E-state index < -0.39 is 0 Å². The summed E-state index contributed by atoms with van der Waals surface area (Å²) in [7, 11) is 0. The van der Waals surface area contributed by atoms with Gasteiger partial charge in [-0.25, -0.2) is 0 Å². The normalized spacial score (nSPS) is 10.1. The van der Waals surface area contributed by atoms with Gasteiger partial charge in [-0.2, -0.15) is 0 Å². The quantitative estimate of drug-likeness (QED) is 0.799. The van der Waals surface area contributed by atoms with Crippen LogP contribution in [0.2, 0.25) is 0 Å².